The number of imidazole rings is 1. The summed E-state index contributed by atoms with van der Waals surface area (Å²) in [4.78, 5) is 29.9. The van der Waals surface area contributed by atoms with Crippen LogP contribution in [0.25, 0.3) is 11.2 Å². The molecule has 2 aromatic heterocycles. The van der Waals surface area contributed by atoms with Gasteiger partial charge in [0, 0.05) is 39.3 Å². The number of hydrogen-bond donors (Lipinski definition) is 1. The number of aryl methyl sites for hydroxylation is 1. The number of methoxy groups -OCH3 is 2. The van der Waals surface area contributed by atoms with Crippen LogP contribution < -0.4 is 19.9 Å². The molecule has 0 bridgehead atoms. The van der Waals surface area contributed by atoms with Crippen LogP contribution in [-0.2, 0) is 22.5 Å². The highest BCUT2D eigenvalue weighted by atomic mass is 16.5. The second kappa shape index (κ2) is 17.6. The number of hydrogen-bond acceptors (Lipinski definition) is 11. The molecule has 0 radical (unpaired) electrons. The number of nitrogens with zero attached hydrogens (tertiary/aromatic N) is 6. The summed E-state index contributed by atoms with van der Waals surface area (Å²) in [6.07, 6.45) is 7.99. The third-order valence-corrected chi connectivity index (χ3v) is 7.95. The van der Waals surface area contributed by atoms with Crippen molar-refractivity contribution in [2.45, 2.75) is 64.8 Å². The molecule has 4 rings (SSSR count). The van der Waals surface area contributed by atoms with Gasteiger partial charge in [0.15, 0.2) is 17.0 Å². The van der Waals surface area contributed by atoms with Gasteiger partial charge in [0.2, 0.25) is 0 Å². The Morgan fingerprint density at radius 2 is 1.59 bits per heavy atom. The summed E-state index contributed by atoms with van der Waals surface area (Å²) in [6, 6.07) is 8.47. The van der Waals surface area contributed by atoms with Crippen LogP contribution in [0, 0.1) is 0 Å². The maximum atomic E-state index is 11.5. The van der Waals surface area contributed by atoms with E-state index in [1.54, 1.807) is 7.11 Å². The van der Waals surface area contributed by atoms with Crippen molar-refractivity contribution in [2.75, 3.05) is 72.4 Å². The minimum atomic E-state index is -0.245. The quantitative estimate of drug-likeness (QED) is 0.156. The molecule has 3 aromatic rings. The van der Waals surface area contributed by atoms with Gasteiger partial charge in [0.1, 0.15) is 12.4 Å². The van der Waals surface area contributed by atoms with Crippen molar-refractivity contribution in [3.8, 4) is 17.8 Å². The van der Waals surface area contributed by atoms with Gasteiger partial charge >= 0.3 is 12.0 Å². The van der Waals surface area contributed by atoms with Crippen LogP contribution in [-0.4, -0.2) is 102 Å². The average molecular weight is 612 g/mol. The van der Waals surface area contributed by atoms with E-state index in [1.165, 1.54) is 26.4 Å². The summed E-state index contributed by atoms with van der Waals surface area (Å²) >= 11 is 0. The summed E-state index contributed by atoms with van der Waals surface area (Å²) in [5.74, 6) is 0.861. The monoisotopic (exact) mass is 611 g/mol. The zero-order chi connectivity index (χ0) is 31.1. The number of unbranched alkanes of at least 4 members (excludes halogenated alkanes) is 5. The molecular weight excluding hydrogens is 562 g/mol. The van der Waals surface area contributed by atoms with Gasteiger partial charge in [0.05, 0.1) is 27.2 Å². The first-order valence-electron chi connectivity index (χ1n) is 15.9. The van der Waals surface area contributed by atoms with Crippen LogP contribution in [0.3, 0.4) is 0 Å². The Bertz CT molecular complexity index is 1310. The predicted molar refractivity (Wildman–Crippen MR) is 170 cm³/mol. The van der Waals surface area contributed by atoms with Gasteiger partial charge in [-0.05, 0) is 43.5 Å². The second-order valence-electron chi connectivity index (χ2n) is 11.2. The van der Waals surface area contributed by atoms with E-state index >= 15 is 0 Å². The van der Waals surface area contributed by atoms with Crippen molar-refractivity contribution in [3.05, 3.63) is 29.8 Å². The molecule has 0 saturated carbocycles. The van der Waals surface area contributed by atoms with Gasteiger partial charge < -0.3 is 29.6 Å². The fourth-order valence-electron chi connectivity index (χ4n) is 5.36. The van der Waals surface area contributed by atoms with Crippen molar-refractivity contribution < 1.29 is 23.7 Å². The molecule has 1 aromatic carbocycles. The van der Waals surface area contributed by atoms with Crippen LogP contribution in [0.2, 0.25) is 0 Å². The number of nitrogens with two attached hydrogens (primary N) is 1. The largest absolute Gasteiger partial charge is 0.492 e. The molecular formula is C32H49N7O5. The molecule has 2 N–H and O–H groups in total. The first kappa shape index (κ1) is 33.3. The van der Waals surface area contributed by atoms with Gasteiger partial charge in [-0.3, -0.25) is 14.3 Å². The van der Waals surface area contributed by atoms with Gasteiger partial charge in [-0.1, -0.05) is 44.7 Å². The number of anilines is 1. The smallest absolute Gasteiger partial charge is 0.320 e. The molecule has 44 heavy (non-hydrogen) atoms. The van der Waals surface area contributed by atoms with Crippen LogP contribution in [0.15, 0.2) is 24.3 Å². The Balaban J connectivity index is 1.09. The number of fused-ring (bicyclic) bond motifs is 1. The van der Waals surface area contributed by atoms with Gasteiger partial charge in [-0.2, -0.15) is 15.0 Å². The maximum absolute atomic E-state index is 11.5. The average Bonchev–Trinajstić information content (AvgIpc) is 3.39. The molecule has 12 nitrogen and oxygen atoms in total. The molecule has 1 aliphatic rings. The predicted octanol–water partition coefficient (Wildman–Crippen LogP) is 3.96. The number of rotatable bonds is 19. The summed E-state index contributed by atoms with van der Waals surface area (Å²) in [5, 5.41) is 0. The van der Waals surface area contributed by atoms with E-state index in [0.29, 0.717) is 42.2 Å². The topological polar surface area (TPSA) is 130 Å². The van der Waals surface area contributed by atoms with Crippen molar-refractivity contribution in [2.24, 2.45) is 0 Å². The van der Waals surface area contributed by atoms with Gasteiger partial charge in [0.25, 0.3) is 6.01 Å². The maximum Gasteiger partial charge on any atom is 0.320 e. The minimum absolute atomic E-state index is 0.245. The van der Waals surface area contributed by atoms with Crippen molar-refractivity contribution in [1.29, 1.82) is 0 Å². The van der Waals surface area contributed by atoms with Gasteiger partial charge in [-0.15, -0.1) is 0 Å². The first-order valence-corrected chi connectivity index (χ1v) is 15.9. The highest BCUT2D eigenvalue weighted by Gasteiger charge is 2.18. The normalized spacial score (nSPS) is 14.2. The zero-order valence-electron chi connectivity index (χ0n) is 26.6. The van der Waals surface area contributed by atoms with E-state index in [4.69, 9.17) is 24.7 Å². The Kier molecular flexibility index (Phi) is 13.3. The number of ether oxygens (including phenoxy) is 4. The highest BCUT2D eigenvalue weighted by Crippen LogP contribution is 2.26. The number of esters is 1. The van der Waals surface area contributed by atoms with E-state index in [2.05, 4.69) is 31.7 Å². The lowest BCUT2D eigenvalue weighted by Gasteiger charge is -2.34. The van der Waals surface area contributed by atoms with Crippen LogP contribution in [0.4, 0.5) is 5.82 Å². The molecule has 1 aliphatic heterocycles. The number of carbonyl (C=O) groups is 1. The first-order chi connectivity index (χ1) is 21.5. The Labute approximate surface area is 260 Å². The number of aromatic nitrogens is 4. The number of nitrogen functional groups attached to an aromatic ring is 1. The standard InChI is InChI=1S/C32H49N7O5/c1-4-5-21-44-31-35-29(33)28-30(36-31)39(32(34-28)42-3)15-10-8-6-7-9-14-37-16-18-38(19-17-37)20-22-43-26-13-11-12-25(23-26)24-27(40)41-2/h11-13,23H,4-10,14-22,24H2,1-3H3,(H2,33,35,36). The molecule has 0 amide bonds. The van der Waals surface area contributed by atoms with E-state index in [-0.39, 0.29) is 12.4 Å². The lowest BCUT2D eigenvalue weighted by Crippen LogP contribution is -2.47. The van der Waals surface area contributed by atoms with E-state index in [0.717, 1.165) is 82.8 Å². The highest BCUT2D eigenvalue weighted by molar-refractivity contribution is 5.83. The Hall–Kier alpha value is -3.64. The fourth-order valence-corrected chi connectivity index (χ4v) is 5.36. The zero-order valence-corrected chi connectivity index (χ0v) is 26.6. The molecule has 0 spiro atoms. The number of carbonyl (C=O) groups excluding carboxylic acids is 1. The summed E-state index contributed by atoms with van der Waals surface area (Å²) in [5.41, 5.74) is 8.27. The SMILES string of the molecule is CCCCOc1nc(N)c2nc(OC)n(CCCCCCCN3CCN(CCOc4cccc(CC(=O)OC)c4)CC3)c2n1. The van der Waals surface area contributed by atoms with E-state index in [9.17, 15) is 4.79 Å². The molecule has 1 fully saturated rings. The van der Waals surface area contributed by atoms with Crippen molar-refractivity contribution in [1.82, 2.24) is 29.3 Å². The van der Waals surface area contributed by atoms with Crippen LogP contribution in [0.5, 0.6) is 17.8 Å². The lowest BCUT2D eigenvalue weighted by atomic mass is 10.1. The molecule has 0 atom stereocenters. The Morgan fingerprint density at radius 3 is 2.32 bits per heavy atom. The van der Waals surface area contributed by atoms with E-state index in [1.807, 2.05) is 28.8 Å². The molecule has 0 aliphatic carbocycles. The van der Waals surface area contributed by atoms with E-state index < -0.39 is 0 Å². The molecule has 1 saturated heterocycles. The van der Waals surface area contributed by atoms with Crippen molar-refractivity contribution in [3.63, 3.8) is 0 Å². The lowest BCUT2D eigenvalue weighted by molar-refractivity contribution is -0.139. The second-order valence-corrected chi connectivity index (χ2v) is 11.2. The summed E-state index contributed by atoms with van der Waals surface area (Å²) in [6.45, 7) is 10.4. The fraction of sp³-hybridized carbons (Fsp3) is 0.625. The third-order valence-electron chi connectivity index (χ3n) is 7.95. The number of piperazine rings is 1. The third kappa shape index (κ3) is 9.95. The van der Waals surface area contributed by atoms with Crippen LogP contribution >= 0.6 is 0 Å². The van der Waals surface area contributed by atoms with Crippen LogP contribution in [0.1, 0.15) is 57.4 Å². The molecule has 3 heterocycles. The molecule has 0 unspecified atom stereocenters. The summed E-state index contributed by atoms with van der Waals surface area (Å²) < 4.78 is 23.9. The Morgan fingerprint density at radius 1 is 0.864 bits per heavy atom. The van der Waals surface area contributed by atoms with Crippen molar-refractivity contribution >= 4 is 23.0 Å². The molecule has 242 valence electrons. The number of benzene rings is 1. The van der Waals surface area contributed by atoms with Gasteiger partial charge in [-0.25, -0.2) is 0 Å². The summed E-state index contributed by atoms with van der Waals surface area (Å²) in [7, 11) is 3.02. The molecule has 12 heteroatoms. The minimum Gasteiger partial charge on any atom is -0.492 e.